The maximum Gasteiger partial charge on any atom is 0.00967 e. The van der Waals surface area contributed by atoms with Crippen molar-refractivity contribution >= 4 is 0 Å². The molecule has 16 heavy (non-hydrogen) atoms. The van der Waals surface area contributed by atoms with Gasteiger partial charge in [-0.15, -0.1) is 0 Å². The van der Waals surface area contributed by atoms with Crippen LogP contribution in [0, 0.1) is 11.3 Å². The molecule has 0 aliphatic rings. The van der Waals surface area contributed by atoms with Crippen LogP contribution >= 0.6 is 0 Å². The van der Waals surface area contributed by atoms with Gasteiger partial charge in [-0.1, -0.05) is 40.5 Å². The first-order chi connectivity index (χ1) is 7.22. The third-order valence-corrected chi connectivity index (χ3v) is 3.44. The van der Waals surface area contributed by atoms with Crippen molar-refractivity contribution in [2.45, 2.75) is 79.7 Å². The summed E-state index contributed by atoms with van der Waals surface area (Å²) in [6.07, 6.45) is 5.27. The van der Waals surface area contributed by atoms with Crippen molar-refractivity contribution in [3.8, 4) is 0 Å². The summed E-state index contributed by atoms with van der Waals surface area (Å²) >= 11 is 0. The Morgan fingerprint density at radius 2 is 1.62 bits per heavy atom. The molecule has 1 N–H and O–H groups in total. The van der Waals surface area contributed by atoms with E-state index in [1.165, 1.54) is 25.7 Å². The zero-order valence-electron chi connectivity index (χ0n) is 12.6. The summed E-state index contributed by atoms with van der Waals surface area (Å²) in [6, 6.07) is 0. The standard InChI is InChI=1S/C15H33N/c1-8-10-15(7,11-13(3)9-2)12-16-14(4,5)6/h13,16H,8-12H2,1-7H3. The van der Waals surface area contributed by atoms with Crippen LogP contribution in [0.15, 0.2) is 0 Å². The van der Waals surface area contributed by atoms with Crippen molar-refractivity contribution in [2.24, 2.45) is 11.3 Å². The topological polar surface area (TPSA) is 12.0 Å². The van der Waals surface area contributed by atoms with Crippen molar-refractivity contribution in [2.75, 3.05) is 6.54 Å². The van der Waals surface area contributed by atoms with Crippen LogP contribution < -0.4 is 5.32 Å². The molecule has 0 bridgehead atoms. The van der Waals surface area contributed by atoms with Crippen molar-refractivity contribution in [3.05, 3.63) is 0 Å². The van der Waals surface area contributed by atoms with E-state index in [-0.39, 0.29) is 5.54 Å². The van der Waals surface area contributed by atoms with E-state index in [1.807, 2.05) is 0 Å². The van der Waals surface area contributed by atoms with Gasteiger partial charge in [0.05, 0.1) is 0 Å². The Balaban J connectivity index is 4.32. The lowest BCUT2D eigenvalue weighted by molar-refractivity contribution is 0.195. The number of nitrogens with one attached hydrogen (secondary N) is 1. The minimum Gasteiger partial charge on any atom is -0.312 e. The summed E-state index contributed by atoms with van der Waals surface area (Å²) in [6.45, 7) is 17.3. The lowest BCUT2D eigenvalue weighted by Crippen LogP contribution is -2.43. The van der Waals surface area contributed by atoms with E-state index in [4.69, 9.17) is 0 Å². The van der Waals surface area contributed by atoms with Crippen LogP contribution in [0.4, 0.5) is 0 Å². The molecule has 0 rings (SSSR count). The molecule has 0 saturated heterocycles. The Hall–Kier alpha value is -0.0400. The summed E-state index contributed by atoms with van der Waals surface area (Å²) in [5.74, 6) is 0.846. The second-order valence-electron chi connectivity index (χ2n) is 6.88. The summed E-state index contributed by atoms with van der Waals surface area (Å²) < 4.78 is 0. The molecule has 1 heteroatoms. The van der Waals surface area contributed by atoms with E-state index in [1.54, 1.807) is 0 Å². The van der Waals surface area contributed by atoms with Gasteiger partial charge in [0.15, 0.2) is 0 Å². The van der Waals surface area contributed by atoms with Crippen LogP contribution in [-0.4, -0.2) is 12.1 Å². The zero-order valence-corrected chi connectivity index (χ0v) is 12.6. The molecule has 0 spiro atoms. The molecule has 0 fully saturated rings. The smallest absolute Gasteiger partial charge is 0.00967 e. The predicted octanol–water partition coefficient (Wildman–Crippen LogP) is 4.62. The van der Waals surface area contributed by atoms with Crippen LogP contribution in [0.2, 0.25) is 0 Å². The fraction of sp³-hybridized carbons (Fsp3) is 1.00. The van der Waals surface area contributed by atoms with Crippen molar-refractivity contribution in [1.29, 1.82) is 0 Å². The molecule has 98 valence electrons. The average molecular weight is 227 g/mol. The molecule has 0 aliphatic carbocycles. The van der Waals surface area contributed by atoms with Crippen molar-refractivity contribution in [3.63, 3.8) is 0 Å². The summed E-state index contributed by atoms with van der Waals surface area (Å²) in [5, 5.41) is 3.68. The molecule has 0 heterocycles. The number of rotatable bonds is 7. The van der Waals surface area contributed by atoms with Gasteiger partial charge in [0.2, 0.25) is 0 Å². The minimum atomic E-state index is 0.241. The van der Waals surface area contributed by atoms with Gasteiger partial charge < -0.3 is 5.32 Å². The van der Waals surface area contributed by atoms with Gasteiger partial charge in [0, 0.05) is 12.1 Å². The Kier molecular flexibility index (Phi) is 6.62. The molecule has 0 aromatic heterocycles. The quantitative estimate of drug-likeness (QED) is 0.669. The summed E-state index contributed by atoms with van der Waals surface area (Å²) in [5.41, 5.74) is 0.710. The molecule has 2 unspecified atom stereocenters. The van der Waals surface area contributed by atoms with Gasteiger partial charge in [-0.3, -0.25) is 0 Å². The molecule has 0 radical (unpaired) electrons. The fourth-order valence-corrected chi connectivity index (χ4v) is 2.33. The lowest BCUT2D eigenvalue weighted by Gasteiger charge is -2.35. The van der Waals surface area contributed by atoms with Crippen LogP contribution in [0.1, 0.15) is 74.1 Å². The molecule has 0 amide bonds. The maximum atomic E-state index is 3.68. The molecule has 2 atom stereocenters. The van der Waals surface area contributed by atoms with Gasteiger partial charge in [-0.2, -0.15) is 0 Å². The Morgan fingerprint density at radius 3 is 2.00 bits per heavy atom. The highest BCUT2D eigenvalue weighted by Gasteiger charge is 2.26. The third-order valence-electron chi connectivity index (χ3n) is 3.44. The molecular weight excluding hydrogens is 194 g/mol. The van der Waals surface area contributed by atoms with E-state index in [2.05, 4.69) is 53.8 Å². The zero-order chi connectivity index (χ0) is 12.8. The van der Waals surface area contributed by atoms with Crippen LogP contribution in [0.25, 0.3) is 0 Å². The maximum absolute atomic E-state index is 3.68. The normalized spacial score (nSPS) is 18.2. The first kappa shape index (κ1) is 16.0. The van der Waals surface area contributed by atoms with Gasteiger partial charge >= 0.3 is 0 Å². The van der Waals surface area contributed by atoms with Crippen LogP contribution in [0.5, 0.6) is 0 Å². The molecule has 0 aromatic carbocycles. The van der Waals surface area contributed by atoms with Crippen molar-refractivity contribution in [1.82, 2.24) is 5.32 Å². The van der Waals surface area contributed by atoms with E-state index in [0.29, 0.717) is 5.41 Å². The summed E-state index contributed by atoms with van der Waals surface area (Å²) in [4.78, 5) is 0. The molecule has 0 saturated carbocycles. The van der Waals surface area contributed by atoms with E-state index in [0.717, 1.165) is 12.5 Å². The Bertz CT molecular complexity index is 180. The number of hydrogen-bond acceptors (Lipinski definition) is 1. The summed E-state index contributed by atoms with van der Waals surface area (Å²) in [7, 11) is 0. The Labute approximate surface area is 103 Å². The Morgan fingerprint density at radius 1 is 1.06 bits per heavy atom. The molecule has 0 aliphatic heterocycles. The fourth-order valence-electron chi connectivity index (χ4n) is 2.33. The van der Waals surface area contributed by atoms with E-state index < -0.39 is 0 Å². The van der Waals surface area contributed by atoms with Gasteiger partial charge in [0.25, 0.3) is 0 Å². The monoisotopic (exact) mass is 227 g/mol. The minimum absolute atomic E-state index is 0.241. The highest BCUT2D eigenvalue weighted by atomic mass is 15.0. The lowest BCUT2D eigenvalue weighted by atomic mass is 9.77. The average Bonchev–Trinajstić information content (AvgIpc) is 2.14. The van der Waals surface area contributed by atoms with Crippen molar-refractivity contribution < 1.29 is 0 Å². The second kappa shape index (κ2) is 6.64. The molecular formula is C15H33N. The predicted molar refractivity (Wildman–Crippen MR) is 74.8 cm³/mol. The van der Waals surface area contributed by atoms with Crippen LogP contribution in [0.3, 0.4) is 0 Å². The molecule has 1 nitrogen and oxygen atoms in total. The van der Waals surface area contributed by atoms with Crippen LogP contribution in [-0.2, 0) is 0 Å². The highest BCUT2D eigenvalue weighted by Crippen LogP contribution is 2.32. The van der Waals surface area contributed by atoms with Gasteiger partial charge in [-0.05, 0) is 44.9 Å². The van der Waals surface area contributed by atoms with E-state index >= 15 is 0 Å². The highest BCUT2D eigenvalue weighted by molar-refractivity contribution is 4.82. The molecule has 0 aromatic rings. The third kappa shape index (κ3) is 7.27. The van der Waals surface area contributed by atoms with Gasteiger partial charge in [-0.25, -0.2) is 0 Å². The largest absolute Gasteiger partial charge is 0.312 e. The first-order valence-corrected chi connectivity index (χ1v) is 6.97. The number of hydrogen-bond donors (Lipinski definition) is 1. The van der Waals surface area contributed by atoms with Gasteiger partial charge in [0.1, 0.15) is 0 Å². The first-order valence-electron chi connectivity index (χ1n) is 6.97. The second-order valence-corrected chi connectivity index (χ2v) is 6.88. The SMILES string of the molecule is CCCC(C)(CNC(C)(C)C)CC(C)CC. The van der Waals surface area contributed by atoms with E-state index in [9.17, 15) is 0 Å².